The second-order valence-corrected chi connectivity index (χ2v) is 5.14. The zero-order chi connectivity index (χ0) is 13.2. The predicted molar refractivity (Wildman–Crippen MR) is 77.5 cm³/mol. The van der Waals surface area contributed by atoms with E-state index in [4.69, 9.17) is 17.3 Å². The number of nitrogens with two attached hydrogens (primary N) is 1. The van der Waals surface area contributed by atoms with Crippen LogP contribution in [0.2, 0.25) is 5.15 Å². The molecule has 1 aliphatic rings. The molecule has 0 radical (unpaired) electrons. The number of anilines is 2. The minimum absolute atomic E-state index is 0.227. The molecule has 0 spiro atoms. The number of nitrogen functional groups attached to an aromatic ring is 1. The van der Waals surface area contributed by atoms with Gasteiger partial charge in [0.25, 0.3) is 0 Å². The molecule has 5 heteroatoms. The molecule has 0 unspecified atom stereocenters. The summed E-state index contributed by atoms with van der Waals surface area (Å²) in [6.45, 7) is 1.91. The van der Waals surface area contributed by atoms with Crippen LogP contribution >= 0.6 is 11.6 Å². The Labute approximate surface area is 117 Å². The number of benzene rings is 1. The van der Waals surface area contributed by atoms with E-state index < -0.39 is 0 Å². The summed E-state index contributed by atoms with van der Waals surface area (Å²) in [5.41, 5.74) is 7.01. The molecule has 19 heavy (non-hydrogen) atoms. The lowest BCUT2D eigenvalue weighted by atomic mass is 9.99. The van der Waals surface area contributed by atoms with E-state index in [1.807, 2.05) is 6.07 Å². The molecule has 1 aromatic carbocycles. The second-order valence-electron chi connectivity index (χ2n) is 4.75. The topological polar surface area (TPSA) is 55.0 Å². The molecule has 1 aliphatic heterocycles. The molecular formula is C14H15ClN4. The van der Waals surface area contributed by atoms with Crippen molar-refractivity contribution in [1.82, 2.24) is 9.97 Å². The van der Waals surface area contributed by atoms with Crippen molar-refractivity contribution in [2.75, 3.05) is 23.7 Å². The normalized spacial score (nSPS) is 18.8. The van der Waals surface area contributed by atoms with E-state index >= 15 is 0 Å². The fourth-order valence-corrected chi connectivity index (χ4v) is 2.73. The maximum absolute atomic E-state index is 5.92. The molecule has 2 heterocycles. The summed E-state index contributed by atoms with van der Waals surface area (Å²) in [7, 11) is 0. The zero-order valence-electron chi connectivity index (χ0n) is 10.5. The molecule has 0 saturated carbocycles. The third kappa shape index (κ3) is 2.63. The summed E-state index contributed by atoms with van der Waals surface area (Å²) in [4.78, 5) is 10.4. The first-order valence-electron chi connectivity index (χ1n) is 6.32. The van der Waals surface area contributed by atoms with E-state index in [9.17, 15) is 0 Å². The molecule has 1 fully saturated rings. The number of rotatable bonds is 2. The molecule has 0 aliphatic carbocycles. The third-order valence-electron chi connectivity index (χ3n) is 3.48. The molecule has 3 rings (SSSR count). The molecule has 0 amide bonds. The summed E-state index contributed by atoms with van der Waals surface area (Å²) in [5.74, 6) is 1.58. The third-order valence-corrected chi connectivity index (χ3v) is 3.68. The Morgan fingerprint density at radius 2 is 2.00 bits per heavy atom. The molecule has 0 bridgehead atoms. The standard InChI is InChI=1S/C14H15ClN4/c15-12-8-13(18-14(16)17-12)19-7-6-11(9-19)10-4-2-1-3-5-10/h1-5,8,11H,6-7,9H2,(H2,16,17,18)/t11-/m1/s1. The van der Waals surface area contributed by atoms with Crippen LogP contribution in [0.1, 0.15) is 17.9 Å². The van der Waals surface area contributed by atoms with E-state index in [1.54, 1.807) is 6.07 Å². The van der Waals surface area contributed by atoms with E-state index in [-0.39, 0.29) is 5.95 Å². The summed E-state index contributed by atoms with van der Waals surface area (Å²) in [5, 5.41) is 0.394. The Bertz CT molecular complexity index is 553. The van der Waals surface area contributed by atoms with Crippen LogP contribution in [0.5, 0.6) is 0 Å². The van der Waals surface area contributed by atoms with Crippen LogP contribution in [0.4, 0.5) is 11.8 Å². The summed E-state index contributed by atoms with van der Waals surface area (Å²) < 4.78 is 0. The van der Waals surface area contributed by atoms with Crippen molar-refractivity contribution in [3.63, 3.8) is 0 Å². The molecule has 4 nitrogen and oxygen atoms in total. The predicted octanol–water partition coefficient (Wildman–Crippen LogP) is 2.71. The van der Waals surface area contributed by atoms with Crippen molar-refractivity contribution in [3.05, 3.63) is 47.1 Å². The van der Waals surface area contributed by atoms with Crippen molar-refractivity contribution in [2.45, 2.75) is 12.3 Å². The van der Waals surface area contributed by atoms with E-state index in [1.165, 1.54) is 5.56 Å². The molecule has 98 valence electrons. The fourth-order valence-electron chi connectivity index (χ4n) is 2.55. The van der Waals surface area contributed by atoms with Crippen molar-refractivity contribution in [1.29, 1.82) is 0 Å². The fraction of sp³-hybridized carbons (Fsp3) is 0.286. The van der Waals surface area contributed by atoms with E-state index in [2.05, 4.69) is 39.1 Å². The Morgan fingerprint density at radius 3 is 2.74 bits per heavy atom. The van der Waals surface area contributed by atoms with Crippen LogP contribution in [0, 0.1) is 0 Å². The number of aromatic nitrogens is 2. The minimum atomic E-state index is 0.227. The smallest absolute Gasteiger partial charge is 0.223 e. The molecule has 1 aromatic heterocycles. The largest absolute Gasteiger partial charge is 0.368 e. The van der Waals surface area contributed by atoms with Gasteiger partial charge in [0, 0.05) is 25.1 Å². The number of nitrogens with zero attached hydrogens (tertiary/aromatic N) is 3. The Balaban J connectivity index is 1.79. The highest BCUT2D eigenvalue weighted by atomic mass is 35.5. The van der Waals surface area contributed by atoms with Gasteiger partial charge in [-0.3, -0.25) is 0 Å². The summed E-state index contributed by atoms with van der Waals surface area (Å²) >= 11 is 5.92. The van der Waals surface area contributed by atoms with Crippen LogP contribution in [0.25, 0.3) is 0 Å². The molecule has 2 aromatic rings. The van der Waals surface area contributed by atoms with Crippen molar-refractivity contribution >= 4 is 23.4 Å². The van der Waals surface area contributed by atoms with Gasteiger partial charge >= 0.3 is 0 Å². The SMILES string of the molecule is Nc1nc(Cl)cc(N2CC[C@@H](c3ccccc3)C2)n1. The van der Waals surface area contributed by atoms with Gasteiger partial charge in [-0.05, 0) is 12.0 Å². The van der Waals surface area contributed by atoms with Crippen molar-refractivity contribution < 1.29 is 0 Å². The first kappa shape index (κ1) is 12.2. The molecule has 1 atom stereocenters. The van der Waals surface area contributed by atoms with Crippen molar-refractivity contribution in [3.8, 4) is 0 Å². The average Bonchev–Trinajstić information content (AvgIpc) is 2.88. The molecule has 2 N–H and O–H groups in total. The Hall–Kier alpha value is -1.81. The van der Waals surface area contributed by atoms with Crippen LogP contribution in [-0.4, -0.2) is 23.1 Å². The van der Waals surface area contributed by atoms with Crippen molar-refractivity contribution in [2.24, 2.45) is 0 Å². The van der Waals surface area contributed by atoms with Gasteiger partial charge in [-0.2, -0.15) is 4.98 Å². The highest BCUT2D eigenvalue weighted by Crippen LogP contribution is 2.30. The van der Waals surface area contributed by atoms with E-state index in [0.29, 0.717) is 11.1 Å². The maximum atomic E-state index is 5.92. The van der Waals surface area contributed by atoms with Gasteiger partial charge in [-0.25, -0.2) is 4.98 Å². The van der Waals surface area contributed by atoms with Gasteiger partial charge in [0.05, 0.1) is 0 Å². The lowest BCUT2D eigenvalue weighted by molar-refractivity contribution is 0.774. The van der Waals surface area contributed by atoms with Gasteiger partial charge in [-0.1, -0.05) is 41.9 Å². The lowest BCUT2D eigenvalue weighted by Gasteiger charge is -2.18. The highest BCUT2D eigenvalue weighted by Gasteiger charge is 2.25. The average molecular weight is 275 g/mol. The Morgan fingerprint density at radius 1 is 1.21 bits per heavy atom. The molecule has 1 saturated heterocycles. The van der Waals surface area contributed by atoms with Crippen LogP contribution in [-0.2, 0) is 0 Å². The number of hydrogen-bond acceptors (Lipinski definition) is 4. The lowest BCUT2D eigenvalue weighted by Crippen LogP contribution is -2.21. The van der Waals surface area contributed by atoms with Crippen LogP contribution < -0.4 is 10.6 Å². The summed E-state index contributed by atoms with van der Waals surface area (Å²) in [6.07, 6.45) is 1.12. The van der Waals surface area contributed by atoms with Gasteiger partial charge in [0.1, 0.15) is 11.0 Å². The monoisotopic (exact) mass is 274 g/mol. The number of halogens is 1. The van der Waals surface area contributed by atoms with Gasteiger partial charge in [0.2, 0.25) is 5.95 Å². The number of hydrogen-bond donors (Lipinski definition) is 1. The van der Waals surface area contributed by atoms with E-state index in [0.717, 1.165) is 25.3 Å². The van der Waals surface area contributed by atoms with Crippen LogP contribution in [0.15, 0.2) is 36.4 Å². The quantitative estimate of drug-likeness (QED) is 0.856. The van der Waals surface area contributed by atoms with Crippen LogP contribution in [0.3, 0.4) is 0 Å². The van der Waals surface area contributed by atoms with Gasteiger partial charge < -0.3 is 10.6 Å². The first-order valence-corrected chi connectivity index (χ1v) is 6.70. The zero-order valence-corrected chi connectivity index (χ0v) is 11.2. The highest BCUT2D eigenvalue weighted by molar-refractivity contribution is 6.29. The van der Waals surface area contributed by atoms with Gasteiger partial charge in [-0.15, -0.1) is 0 Å². The maximum Gasteiger partial charge on any atom is 0.223 e. The second kappa shape index (κ2) is 5.05. The molecular weight excluding hydrogens is 260 g/mol. The summed E-state index contributed by atoms with van der Waals surface area (Å²) in [6, 6.07) is 12.3. The Kier molecular flexibility index (Phi) is 3.25. The van der Waals surface area contributed by atoms with Gasteiger partial charge in [0.15, 0.2) is 0 Å². The first-order chi connectivity index (χ1) is 9.22. The minimum Gasteiger partial charge on any atom is -0.368 e.